The highest BCUT2D eigenvalue weighted by Crippen LogP contribution is 1.96. The van der Waals surface area contributed by atoms with Crippen molar-refractivity contribution in [3.8, 4) is 0 Å². The van der Waals surface area contributed by atoms with Crippen LogP contribution in [-0.2, 0) is 9.47 Å². The van der Waals surface area contributed by atoms with E-state index in [9.17, 15) is 0 Å². The number of hydrogen-bond donors (Lipinski definition) is 2. The minimum absolute atomic E-state index is 0.194. The van der Waals surface area contributed by atoms with E-state index in [1.807, 2.05) is 0 Å². The van der Waals surface area contributed by atoms with Gasteiger partial charge < -0.3 is 19.7 Å². The molecule has 98 valence electrons. The van der Waals surface area contributed by atoms with Gasteiger partial charge in [-0.1, -0.05) is 0 Å². The average Bonchev–Trinajstić information content (AvgIpc) is 2.31. The molecule has 4 nitrogen and oxygen atoms in total. The van der Waals surface area contributed by atoms with Crippen LogP contribution in [0.25, 0.3) is 0 Å². The van der Waals surface area contributed by atoms with Crippen molar-refractivity contribution >= 4 is 23.2 Å². The lowest BCUT2D eigenvalue weighted by Gasteiger charge is -2.09. The van der Waals surface area contributed by atoms with Crippen molar-refractivity contribution in [1.82, 2.24) is 0 Å². The third kappa shape index (κ3) is 10.9. The molecule has 2 atom stereocenters. The Hall–Kier alpha value is 0.420. The van der Waals surface area contributed by atoms with Gasteiger partial charge in [-0.15, -0.1) is 23.2 Å². The van der Waals surface area contributed by atoms with Crippen LogP contribution in [0.4, 0.5) is 0 Å². The zero-order valence-electron chi connectivity index (χ0n) is 9.28. The second-order valence-corrected chi connectivity index (χ2v) is 4.09. The van der Waals surface area contributed by atoms with Crippen LogP contribution in [-0.4, -0.2) is 60.6 Å². The van der Waals surface area contributed by atoms with Crippen LogP contribution in [0, 0.1) is 0 Å². The van der Waals surface area contributed by atoms with Crippen molar-refractivity contribution in [2.75, 3.05) is 38.2 Å². The molecule has 2 unspecified atom stereocenters. The van der Waals surface area contributed by atoms with Gasteiger partial charge >= 0.3 is 0 Å². The minimum atomic E-state index is -0.586. The number of halogens is 2. The third-order valence-electron chi connectivity index (χ3n) is 1.80. The van der Waals surface area contributed by atoms with E-state index in [-0.39, 0.29) is 25.0 Å². The summed E-state index contributed by atoms with van der Waals surface area (Å²) in [5, 5.41) is 18.1. The maximum Gasteiger partial charge on any atom is 0.0908 e. The molecule has 0 amide bonds. The van der Waals surface area contributed by atoms with Gasteiger partial charge in [-0.2, -0.15) is 0 Å². The molecule has 0 aliphatic heterocycles. The second kappa shape index (κ2) is 11.9. The predicted molar refractivity (Wildman–Crippen MR) is 64.3 cm³/mol. The van der Waals surface area contributed by atoms with Crippen molar-refractivity contribution < 1.29 is 19.7 Å². The molecule has 2 N–H and O–H groups in total. The smallest absolute Gasteiger partial charge is 0.0908 e. The molecule has 0 saturated carbocycles. The Balaban J connectivity index is 3.04. The van der Waals surface area contributed by atoms with Gasteiger partial charge in [0, 0.05) is 13.2 Å². The van der Waals surface area contributed by atoms with Crippen LogP contribution in [0.2, 0.25) is 0 Å². The topological polar surface area (TPSA) is 58.9 Å². The summed E-state index contributed by atoms with van der Waals surface area (Å²) in [7, 11) is 0. The largest absolute Gasteiger partial charge is 0.389 e. The van der Waals surface area contributed by atoms with E-state index >= 15 is 0 Å². The van der Waals surface area contributed by atoms with Crippen LogP contribution in [0.1, 0.15) is 12.8 Å². The zero-order valence-corrected chi connectivity index (χ0v) is 10.8. The zero-order chi connectivity index (χ0) is 12.2. The van der Waals surface area contributed by atoms with Gasteiger partial charge in [-0.3, -0.25) is 0 Å². The molecule has 0 aliphatic rings. The van der Waals surface area contributed by atoms with Crippen molar-refractivity contribution in [3.05, 3.63) is 0 Å². The molecule has 0 aromatic carbocycles. The molecule has 0 rings (SSSR count). The first-order valence-electron chi connectivity index (χ1n) is 5.34. The lowest BCUT2D eigenvalue weighted by atomic mass is 10.3. The summed E-state index contributed by atoms with van der Waals surface area (Å²) in [5.41, 5.74) is 0. The monoisotopic (exact) mass is 274 g/mol. The fourth-order valence-corrected chi connectivity index (χ4v) is 1.11. The van der Waals surface area contributed by atoms with Crippen LogP contribution in [0.15, 0.2) is 0 Å². The maximum atomic E-state index is 9.06. The minimum Gasteiger partial charge on any atom is -0.389 e. The number of hydrogen-bond acceptors (Lipinski definition) is 4. The van der Waals surface area contributed by atoms with Crippen LogP contribution < -0.4 is 0 Å². The standard InChI is InChI=1S/C10H20Cl2O4/c11-5-9(13)7-15-3-1-2-4-16-8-10(14)6-12/h9-10,13-14H,1-8H2. The number of aliphatic hydroxyl groups is 2. The number of alkyl halides is 2. The molecule has 0 fully saturated rings. The van der Waals surface area contributed by atoms with E-state index in [1.165, 1.54) is 0 Å². The van der Waals surface area contributed by atoms with Gasteiger partial charge in [0.25, 0.3) is 0 Å². The maximum absolute atomic E-state index is 9.06. The summed E-state index contributed by atoms with van der Waals surface area (Å²) in [5.74, 6) is 0.388. The fraction of sp³-hybridized carbons (Fsp3) is 1.00. The summed E-state index contributed by atoms with van der Waals surface area (Å²) < 4.78 is 10.3. The summed E-state index contributed by atoms with van der Waals surface area (Å²) in [6.45, 7) is 1.70. The molecule has 0 aliphatic carbocycles. The van der Waals surface area contributed by atoms with E-state index in [0.29, 0.717) is 13.2 Å². The summed E-state index contributed by atoms with van der Waals surface area (Å²) in [6, 6.07) is 0. The highest BCUT2D eigenvalue weighted by molar-refractivity contribution is 6.18. The number of aliphatic hydroxyl groups excluding tert-OH is 2. The van der Waals surface area contributed by atoms with E-state index in [2.05, 4.69) is 0 Å². The number of ether oxygens (including phenoxy) is 2. The Bertz CT molecular complexity index is 133. The first-order chi connectivity index (χ1) is 7.70. The molecule has 0 bridgehead atoms. The Morgan fingerprint density at radius 1 is 0.812 bits per heavy atom. The molecule has 0 saturated heterocycles. The quantitative estimate of drug-likeness (QED) is 0.436. The Labute approximate surface area is 106 Å². The summed E-state index contributed by atoms with van der Waals surface area (Å²) >= 11 is 10.8. The van der Waals surface area contributed by atoms with Gasteiger partial charge in [-0.25, -0.2) is 0 Å². The Morgan fingerprint density at radius 2 is 1.19 bits per heavy atom. The lowest BCUT2D eigenvalue weighted by Crippen LogP contribution is -2.18. The number of unbranched alkanes of at least 4 members (excludes halogenated alkanes) is 1. The molecule has 0 aromatic heterocycles. The molecule has 0 aromatic rings. The lowest BCUT2D eigenvalue weighted by molar-refractivity contribution is 0.0310. The van der Waals surface area contributed by atoms with Crippen molar-refractivity contribution in [3.63, 3.8) is 0 Å². The van der Waals surface area contributed by atoms with Crippen molar-refractivity contribution in [2.45, 2.75) is 25.0 Å². The molecular weight excluding hydrogens is 255 g/mol. The average molecular weight is 275 g/mol. The van der Waals surface area contributed by atoms with Crippen LogP contribution in [0.5, 0.6) is 0 Å². The van der Waals surface area contributed by atoms with Gasteiger partial charge in [0.15, 0.2) is 0 Å². The van der Waals surface area contributed by atoms with E-state index in [1.54, 1.807) is 0 Å². The number of rotatable bonds is 11. The second-order valence-electron chi connectivity index (χ2n) is 3.47. The van der Waals surface area contributed by atoms with Crippen molar-refractivity contribution in [2.24, 2.45) is 0 Å². The molecule has 0 heterocycles. The predicted octanol–water partition coefficient (Wildman–Crippen LogP) is 0.999. The van der Waals surface area contributed by atoms with Crippen molar-refractivity contribution in [1.29, 1.82) is 0 Å². The normalized spacial score (nSPS) is 15.0. The summed E-state index contributed by atoms with van der Waals surface area (Å²) in [6.07, 6.45) is 0.534. The van der Waals surface area contributed by atoms with Gasteiger partial charge in [-0.05, 0) is 12.8 Å². The first kappa shape index (κ1) is 16.4. The van der Waals surface area contributed by atoms with E-state index in [0.717, 1.165) is 12.8 Å². The summed E-state index contributed by atoms with van der Waals surface area (Å²) in [4.78, 5) is 0. The highest BCUT2D eigenvalue weighted by atomic mass is 35.5. The fourth-order valence-electron chi connectivity index (χ4n) is 0.936. The molecular formula is C10H20Cl2O4. The molecule has 0 radical (unpaired) electrons. The molecule has 6 heteroatoms. The molecule has 16 heavy (non-hydrogen) atoms. The van der Waals surface area contributed by atoms with Gasteiger partial charge in [0.05, 0.1) is 37.2 Å². The van der Waals surface area contributed by atoms with E-state index in [4.69, 9.17) is 42.9 Å². The SMILES string of the molecule is OC(CCl)COCCCCOCC(O)CCl. The third-order valence-corrected chi connectivity index (χ3v) is 2.52. The van der Waals surface area contributed by atoms with E-state index < -0.39 is 12.2 Å². The first-order valence-corrected chi connectivity index (χ1v) is 6.41. The van der Waals surface area contributed by atoms with Gasteiger partial charge in [0.2, 0.25) is 0 Å². The van der Waals surface area contributed by atoms with Crippen LogP contribution >= 0.6 is 23.2 Å². The highest BCUT2D eigenvalue weighted by Gasteiger charge is 2.02. The Morgan fingerprint density at radius 3 is 1.50 bits per heavy atom. The molecule has 0 spiro atoms. The van der Waals surface area contributed by atoms with Crippen LogP contribution in [0.3, 0.4) is 0 Å². The Kier molecular flexibility index (Phi) is 12.2. The van der Waals surface area contributed by atoms with Gasteiger partial charge in [0.1, 0.15) is 0 Å².